The minimum Gasteiger partial charge on any atom is -0.387 e. The van der Waals surface area contributed by atoms with Crippen LogP contribution in [0.25, 0.3) is 0 Å². The predicted octanol–water partition coefficient (Wildman–Crippen LogP) is 3.02. The monoisotopic (exact) mass is 307 g/mol. The van der Waals surface area contributed by atoms with E-state index in [1.165, 1.54) is 0 Å². The van der Waals surface area contributed by atoms with Gasteiger partial charge in [-0.1, -0.05) is 55.8 Å². The van der Waals surface area contributed by atoms with Crippen molar-refractivity contribution < 1.29 is 5.11 Å². The molecule has 0 aliphatic carbocycles. The number of nitrogens with one attached hydrogen (secondary N) is 1. The normalized spacial score (nSPS) is 12.9. The molecule has 1 unspecified atom stereocenters. The number of aliphatic hydroxyl groups is 1. The lowest BCUT2D eigenvalue weighted by atomic mass is 10.1. The molecule has 2 rings (SSSR count). The van der Waals surface area contributed by atoms with Gasteiger partial charge in [0.05, 0.1) is 11.8 Å². The number of hydrogen-bond donors (Lipinski definition) is 2. The van der Waals surface area contributed by atoms with Crippen LogP contribution in [0.5, 0.6) is 0 Å². The van der Waals surface area contributed by atoms with Gasteiger partial charge in [-0.25, -0.2) is 0 Å². The fourth-order valence-corrected chi connectivity index (χ4v) is 2.52. The van der Waals surface area contributed by atoms with Gasteiger partial charge in [0.2, 0.25) is 0 Å². The van der Waals surface area contributed by atoms with Crippen LogP contribution in [0.3, 0.4) is 0 Å². The van der Waals surface area contributed by atoms with Gasteiger partial charge in [-0.05, 0) is 11.5 Å². The van der Waals surface area contributed by atoms with Crippen LogP contribution < -0.4 is 5.32 Å². The molecule has 0 aliphatic rings. The zero-order chi connectivity index (χ0) is 15.4. The van der Waals surface area contributed by atoms with Crippen molar-refractivity contribution in [3.8, 4) is 0 Å². The van der Waals surface area contributed by atoms with Gasteiger partial charge in [0, 0.05) is 25.7 Å². The number of nitrogens with zero attached hydrogens (tertiary/aromatic N) is 2. The summed E-state index contributed by atoms with van der Waals surface area (Å²) >= 11 is 6.29. The van der Waals surface area contributed by atoms with Crippen molar-refractivity contribution in [3.63, 3.8) is 0 Å². The average Bonchev–Trinajstić information content (AvgIpc) is 2.76. The fraction of sp³-hybridized carbons (Fsp3) is 0.438. The highest BCUT2D eigenvalue weighted by Crippen LogP contribution is 2.25. The van der Waals surface area contributed by atoms with Gasteiger partial charge in [0.25, 0.3) is 0 Å². The molecule has 0 spiro atoms. The summed E-state index contributed by atoms with van der Waals surface area (Å²) in [5.41, 5.74) is 2.92. The minimum absolute atomic E-state index is 0.319. The van der Waals surface area contributed by atoms with Crippen molar-refractivity contribution in [1.82, 2.24) is 15.1 Å². The number of aromatic nitrogens is 2. The second kappa shape index (κ2) is 7.07. The van der Waals surface area contributed by atoms with Gasteiger partial charge in [0.15, 0.2) is 0 Å². The molecule has 0 fully saturated rings. The van der Waals surface area contributed by atoms with Gasteiger partial charge >= 0.3 is 0 Å². The van der Waals surface area contributed by atoms with Gasteiger partial charge < -0.3 is 10.4 Å². The van der Waals surface area contributed by atoms with E-state index >= 15 is 0 Å². The molecular formula is C16H22ClN3O. The number of aliphatic hydroxyl groups excluding tert-OH is 1. The first-order valence-electron chi connectivity index (χ1n) is 7.15. The van der Waals surface area contributed by atoms with E-state index in [0.717, 1.165) is 16.8 Å². The molecule has 2 aromatic rings. The summed E-state index contributed by atoms with van der Waals surface area (Å²) in [6.07, 6.45) is -0.524. The third-order valence-corrected chi connectivity index (χ3v) is 3.94. The van der Waals surface area contributed by atoms with E-state index in [1.54, 1.807) is 4.68 Å². The van der Waals surface area contributed by atoms with E-state index in [1.807, 2.05) is 37.4 Å². The molecule has 0 radical (unpaired) electrons. The van der Waals surface area contributed by atoms with Crippen molar-refractivity contribution in [2.24, 2.45) is 7.05 Å². The molecule has 0 amide bonds. The summed E-state index contributed by atoms with van der Waals surface area (Å²) in [5, 5.41) is 18.5. The van der Waals surface area contributed by atoms with E-state index in [2.05, 4.69) is 24.3 Å². The predicted molar refractivity (Wildman–Crippen MR) is 85.4 cm³/mol. The zero-order valence-corrected chi connectivity index (χ0v) is 13.4. The number of benzene rings is 1. The number of rotatable bonds is 6. The Kier molecular flexibility index (Phi) is 5.39. The second-order valence-electron chi connectivity index (χ2n) is 5.49. The van der Waals surface area contributed by atoms with Gasteiger partial charge in [-0.3, -0.25) is 4.68 Å². The lowest BCUT2D eigenvalue weighted by Gasteiger charge is -2.13. The molecule has 1 aromatic carbocycles. The maximum Gasteiger partial charge on any atom is 0.131 e. The van der Waals surface area contributed by atoms with Crippen LogP contribution in [0.1, 0.15) is 42.7 Å². The average molecular weight is 308 g/mol. The largest absolute Gasteiger partial charge is 0.387 e. The van der Waals surface area contributed by atoms with Crippen molar-refractivity contribution in [2.75, 3.05) is 6.54 Å². The van der Waals surface area contributed by atoms with Crippen LogP contribution in [0.2, 0.25) is 5.15 Å². The first-order chi connectivity index (χ1) is 10.0. The van der Waals surface area contributed by atoms with Crippen LogP contribution in [0.4, 0.5) is 0 Å². The number of hydrogen-bond acceptors (Lipinski definition) is 3. The molecular weight excluding hydrogens is 286 g/mol. The molecule has 1 atom stereocenters. The summed E-state index contributed by atoms with van der Waals surface area (Å²) < 4.78 is 1.70. The van der Waals surface area contributed by atoms with Crippen LogP contribution in [0, 0.1) is 0 Å². The van der Waals surface area contributed by atoms with Crippen molar-refractivity contribution in [2.45, 2.75) is 32.4 Å². The highest BCUT2D eigenvalue weighted by atomic mass is 35.5. The molecule has 1 heterocycles. The Morgan fingerprint density at radius 2 is 1.95 bits per heavy atom. The van der Waals surface area contributed by atoms with Crippen molar-refractivity contribution in [3.05, 3.63) is 52.3 Å². The summed E-state index contributed by atoms with van der Waals surface area (Å²) in [7, 11) is 1.84. The van der Waals surface area contributed by atoms with Gasteiger partial charge in [-0.2, -0.15) is 5.10 Å². The van der Waals surface area contributed by atoms with Crippen LogP contribution >= 0.6 is 11.6 Å². The molecule has 21 heavy (non-hydrogen) atoms. The summed E-state index contributed by atoms with van der Waals surface area (Å²) in [5.74, 6) is 0.319. The lowest BCUT2D eigenvalue weighted by molar-refractivity contribution is 0.174. The Labute approximate surface area is 130 Å². The Hall–Kier alpha value is -1.36. The Morgan fingerprint density at radius 3 is 2.57 bits per heavy atom. The van der Waals surface area contributed by atoms with Gasteiger partial charge in [-0.15, -0.1) is 0 Å². The zero-order valence-electron chi connectivity index (χ0n) is 12.7. The van der Waals surface area contributed by atoms with E-state index in [9.17, 15) is 5.11 Å². The second-order valence-corrected chi connectivity index (χ2v) is 5.85. The van der Waals surface area contributed by atoms with Crippen LogP contribution in [-0.4, -0.2) is 21.4 Å². The van der Waals surface area contributed by atoms with Gasteiger partial charge in [0.1, 0.15) is 5.15 Å². The minimum atomic E-state index is -0.524. The molecule has 114 valence electrons. The first-order valence-corrected chi connectivity index (χ1v) is 7.53. The highest BCUT2D eigenvalue weighted by molar-refractivity contribution is 6.30. The van der Waals surface area contributed by atoms with E-state index in [4.69, 9.17) is 11.6 Å². The van der Waals surface area contributed by atoms with Crippen LogP contribution in [-0.2, 0) is 13.6 Å². The fourth-order valence-electron chi connectivity index (χ4n) is 2.32. The topological polar surface area (TPSA) is 50.1 Å². The molecule has 0 saturated carbocycles. The van der Waals surface area contributed by atoms with Crippen molar-refractivity contribution in [1.29, 1.82) is 0 Å². The van der Waals surface area contributed by atoms with Crippen molar-refractivity contribution >= 4 is 11.6 Å². The van der Waals surface area contributed by atoms with E-state index < -0.39 is 6.10 Å². The molecule has 5 heteroatoms. The Bertz CT molecular complexity index is 581. The number of aryl methyl sites for hydroxylation is 1. The maximum atomic E-state index is 10.1. The third kappa shape index (κ3) is 3.84. The standard InChI is InChI=1S/C16H22ClN3O/c1-11(2)15-13(16(17)20(3)19-15)9-18-10-14(21)12-7-5-4-6-8-12/h4-8,11,14,18,21H,9-10H2,1-3H3. The summed E-state index contributed by atoms with van der Waals surface area (Å²) in [6.45, 7) is 5.28. The smallest absolute Gasteiger partial charge is 0.131 e. The van der Waals surface area contributed by atoms with E-state index in [-0.39, 0.29) is 0 Å². The van der Waals surface area contributed by atoms with Crippen LogP contribution in [0.15, 0.2) is 30.3 Å². The SMILES string of the molecule is CC(C)c1nn(C)c(Cl)c1CNCC(O)c1ccccc1. The molecule has 4 nitrogen and oxygen atoms in total. The first kappa shape index (κ1) is 16.0. The molecule has 0 aliphatic heterocycles. The van der Waals surface area contributed by atoms with E-state index in [0.29, 0.717) is 24.2 Å². The molecule has 0 saturated heterocycles. The molecule has 2 N–H and O–H groups in total. The lowest BCUT2D eigenvalue weighted by Crippen LogP contribution is -2.21. The Morgan fingerprint density at radius 1 is 1.29 bits per heavy atom. The summed E-state index contributed by atoms with van der Waals surface area (Å²) in [6, 6.07) is 9.63. The summed E-state index contributed by atoms with van der Waals surface area (Å²) in [4.78, 5) is 0. The number of halogens is 1. The third-order valence-electron chi connectivity index (χ3n) is 3.47. The molecule has 0 bridgehead atoms. The highest BCUT2D eigenvalue weighted by Gasteiger charge is 2.17. The molecule has 1 aromatic heterocycles. The maximum absolute atomic E-state index is 10.1. The Balaban J connectivity index is 1.98. The quantitative estimate of drug-likeness (QED) is 0.862.